The molecule has 0 radical (unpaired) electrons. The fourth-order valence-electron chi connectivity index (χ4n) is 3.55. The lowest BCUT2D eigenvalue weighted by atomic mass is 9.95. The molecule has 3 aromatic rings. The van der Waals surface area contributed by atoms with Gasteiger partial charge in [-0.05, 0) is 43.3 Å². The van der Waals surface area contributed by atoms with Crippen LogP contribution < -0.4 is 14.4 Å². The van der Waals surface area contributed by atoms with E-state index < -0.39 is 11.6 Å². The number of nitrogens with zero attached hydrogens (tertiary/aromatic N) is 1. The smallest absolute Gasteiger partial charge is 0.352 e. The minimum absolute atomic E-state index is 0.507. The van der Waals surface area contributed by atoms with E-state index in [-0.39, 0.29) is 0 Å². The zero-order valence-electron chi connectivity index (χ0n) is 17.4. The number of carboxylic acid groups (broad SMARTS) is 1. The summed E-state index contributed by atoms with van der Waals surface area (Å²) in [5.74, 6) is 1.23. The summed E-state index contributed by atoms with van der Waals surface area (Å²) in [6.07, 6.45) is 0. The first-order chi connectivity index (χ1) is 15.1. The normalized spacial score (nSPS) is 14.9. The number of carboxylic acids is 1. The van der Waals surface area contributed by atoms with Gasteiger partial charge in [-0.3, -0.25) is 0 Å². The summed E-state index contributed by atoms with van der Waals surface area (Å²) >= 11 is 1.89. The number of aliphatic carboxylic acids is 1. The van der Waals surface area contributed by atoms with E-state index in [0.29, 0.717) is 23.7 Å². The molecule has 1 atom stereocenters. The number of carbonyl (C=O) groups is 1. The van der Waals surface area contributed by atoms with Crippen molar-refractivity contribution in [2.24, 2.45) is 0 Å². The van der Waals surface area contributed by atoms with Crippen LogP contribution in [-0.2, 0) is 10.4 Å². The third-order valence-corrected chi connectivity index (χ3v) is 6.38. The van der Waals surface area contributed by atoms with Gasteiger partial charge in [-0.15, -0.1) is 11.8 Å². The maximum absolute atomic E-state index is 12.0. The van der Waals surface area contributed by atoms with Gasteiger partial charge < -0.3 is 19.5 Å². The van der Waals surface area contributed by atoms with Gasteiger partial charge in [0.15, 0.2) is 0 Å². The molecule has 0 amide bonds. The fraction of sp³-hybridized carbons (Fsp3) is 0.240. The first-order valence-electron chi connectivity index (χ1n) is 10.2. The molecule has 1 unspecified atom stereocenters. The first kappa shape index (κ1) is 21.1. The van der Waals surface area contributed by atoms with Crippen molar-refractivity contribution in [3.63, 3.8) is 0 Å². The molecule has 1 aliphatic rings. The Hall–Kier alpha value is -3.12. The molecule has 4 rings (SSSR count). The minimum atomic E-state index is -1.49. The van der Waals surface area contributed by atoms with Crippen molar-refractivity contribution in [1.29, 1.82) is 0 Å². The van der Waals surface area contributed by atoms with Crippen LogP contribution in [0.15, 0.2) is 83.8 Å². The average Bonchev–Trinajstić information content (AvgIpc) is 2.80. The average molecular weight is 436 g/mol. The molecule has 0 saturated heterocycles. The summed E-state index contributed by atoms with van der Waals surface area (Å²) in [6.45, 7) is 3.90. The van der Waals surface area contributed by atoms with Crippen molar-refractivity contribution in [3.05, 3.63) is 84.4 Å². The van der Waals surface area contributed by atoms with Crippen molar-refractivity contribution in [3.8, 4) is 11.5 Å². The lowest BCUT2D eigenvalue weighted by Gasteiger charge is -2.30. The highest BCUT2D eigenvalue weighted by molar-refractivity contribution is 7.99. The topological polar surface area (TPSA) is 59.0 Å². The van der Waals surface area contributed by atoms with Crippen LogP contribution in [0.1, 0.15) is 12.5 Å². The molecule has 0 saturated carbocycles. The van der Waals surface area contributed by atoms with E-state index in [0.717, 1.165) is 18.8 Å². The fourth-order valence-corrected chi connectivity index (χ4v) is 4.60. The Bertz CT molecular complexity index is 1030. The summed E-state index contributed by atoms with van der Waals surface area (Å²) in [6, 6.07) is 24.5. The zero-order valence-corrected chi connectivity index (χ0v) is 18.2. The Kier molecular flexibility index (Phi) is 6.37. The molecule has 160 valence electrons. The third-order valence-electron chi connectivity index (χ3n) is 5.33. The predicted molar refractivity (Wildman–Crippen MR) is 123 cm³/mol. The molecule has 0 bridgehead atoms. The molecule has 0 fully saturated rings. The molecule has 31 heavy (non-hydrogen) atoms. The van der Waals surface area contributed by atoms with Crippen molar-refractivity contribution in [1.82, 2.24) is 0 Å². The second-order valence-electron chi connectivity index (χ2n) is 7.43. The van der Waals surface area contributed by atoms with Gasteiger partial charge in [-0.2, -0.15) is 0 Å². The number of anilines is 1. The van der Waals surface area contributed by atoms with Crippen LogP contribution >= 0.6 is 11.8 Å². The molecule has 5 nitrogen and oxygen atoms in total. The van der Waals surface area contributed by atoms with E-state index in [4.69, 9.17) is 9.47 Å². The van der Waals surface area contributed by atoms with Crippen LogP contribution in [0.5, 0.6) is 11.5 Å². The Morgan fingerprint density at radius 3 is 2.45 bits per heavy atom. The lowest BCUT2D eigenvalue weighted by Crippen LogP contribution is -2.38. The molecule has 3 aromatic carbocycles. The second-order valence-corrected chi connectivity index (χ2v) is 8.57. The number of hydrogen-bond donors (Lipinski definition) is 1. The number of thioether (sulfide) groups is 1. The van der Waals surface area contributed by atoms with Crippen LogP contribution in [0.2, 0.25) is 0 Å². The number of rotatable bonds is 8. The van der Waals surface area contributed by atoms with E-state index in [1.807, 2.05) is 30.0 Å². The van der Waals surface area contributed by atoms with E-state index in [2.05, 4.69) is 29.2 Å². The molecule has 0 aromatic heterocycles. The molecule has 1 heterocycles. The zero-order chi connectivity index (χ0) is 21.7. The monoisotopic (exact) mass is 435 g/mol. The highest BCUT2D eigenvalue weighted by Crippen LogP contribution is 2.34. The van der Waals surface area contributed by atoms with Gasteiger partial charge in [0, 0.05) is 22.8 Å². The highest BCUT2D eigenvalue weighted by atomic mass is 32.2. The Balaban J connectivity index is 1.39. The predicted octanol–water partition coefficient (Wildman–Crippen LogP) is 5.06. The summed E-state index contributed by atoms with van der Waals surface area (Å²) < 4.78 is 11.8. The van der Waals surface area contributed by atoms with Crippen LogP contribution in [0.25, 0.3) is 0 Å². The summed E-state index contributed by atoms with van der Waals surface area (Å²) in [5, 5.41) is 9.82. The van der Waals surface area contributed by atoms with Gasteiger partial charge >= 0.3 is 5.97 Å². The van der Waals surface area contributed by atoms with E-state index in [9.17, 15) is 9.90 Å². The molecular weight excluding hydrogens is 410 g/mol. The number of benzene rings is 3. The van der Waals surface area contributed by atoms with Crippen LogP contribution in [0, 0.1) is 0 Å². The second kappa shape index (κ2) is 9.35. The summed E-state index contributed by atoms with van der Waals surface area (Å²) in [4.78, 5) is 15.6. The first-order valence-corrected chi connectivity index (χ1v) is 11.2. The Labute approximate surface area is 186 Å². The maximum atomic E-state index is 12.0. The van der Waals surface area contributed by atoms with Crippen molar-refractivity contribution in [2.45, 2.75) is 17.4 Å². The molecular formula is C25H25NO4S. The van der Waals surface area contributed by atoms with Crippen molar-refractivity contribution >= 4 is 23.4 Å². The van der Waals surface area contributed by atoms with E-state index >= 15 is 0 Å². The Morgan fingerprint density at radius 2 is 1.71 bits per heavy atom. The van der Waals surface area contributed by atoms with Crippen molar-refractivity contribution in [2.75, 3.05) is 30.3 Å². The minimum Gasteiger partial charge on any atom is -0.492 e. The maximum Gasteiger partial charge on any atom is 0.352 e. The Morgan fingerprint density at radius 1 is 1.00 bits per heavy atom. The SMILES string of the molecule is CC(Oc1ccccc1)(C(=O)O)c1ccc(OCCN2CCSc3ccccc32)cc1. The van der Waals surface area contributed by atoms with Gasteiger partial charge in [0.1, 0.15) is 18.1 Å². The summed E-state index contributed by atoms with van der Waals surface area (Å²) in [7, 11) is 0. The molecule has 0 spiro atoms. The van der Waals surface area contributed by atoms with E-state index in [1.165, 1.54) is 10.6 Å². The summed E-state index contributed by atoms with van der Waals surface area (Å²) in [5.41, 5.74) is 0.320. The number of hydrogen-bond acceptors (Lipinski definition) is 5. The number of ether oxygens (including phenoxy) is 2. The number of fused-ring (bicyclic) bond motifs is 1. The van der Waals surface area contributed by atoms with E-state index in [1.54, 1.807) is 43.3 Å². The molecule has 0 aliphatic carbocycles. The van der Waals surface area contributed by atoms with Crippen molar-refractivity contribution < 1.29 is 19.4 Å². The van der Waals surface area contributed by atoms with Crippen LogP contribution in [0.4, 0.5) is 5.69 Å². The largest absolute Gasteiger partial charge is 0.492 e. The van der Waals surface area contributed by atoms with Gasteiger partial charge in [-0.1, -0.05) is 42.5 Å². The van der Waals surface area contributed by atoms with Crippen LogP contribution in [-0.4, -0.2) is 36.5 Å². The number of para-hydroxylation sites is 2. The standard InChI is InChI=1S/C25H25NO4S/c1-25(24(27)28,30-21-7-3-2-4-8-21)19-11-13-20(14-12-19)29-17-15-26-16-18-31-23-10-6-5-9-22(23)26/h2-14H,15-18H2,1H3,(H,27,28). The van der Waals surface area contributed by atoms with Gasteiger partial charge in [-0.25, -0.2) is 4.79 Å². The third kappa shape index (κ3) is 4.80. The molecule has 1 aliphatic heterocycles. The molecule has 1 N–H and O–H groups in total. The van der Waals surface area contributed by atoms with Gasteiger partial charge in [0.25, 0.3) is 0 Å². The quantitative estimate of drug-likeness (QED) is 0.534. The van der Waals surface area contributed by atoms with Gasteiger partial charge in [0.05, 0.1) is 12.2 Å². The van der Waals surface area contributed by atoms with Gasteiger partial charge in [0.2, 0.25) is 5.60 Å². The highest BCUT2D eigenvalue weighted by Gasteiger charge is 2.38. The van der Waals surface area contributed by atoms with Crippen LogP contribution in [0.3, 0.4) is 0 Å². The molecule has 6 heteroatoms. The lowest BCUT2D eigenvalue weighted by molar-refractivity contribution is -0.154.